The van der Waals surface area contributed by atoms with Gasteiger partial charge in [-0.25, -0.2) is 4.90 Å². The number of aromatic amines is 1. The van der Waals surface area contributed by atoms with E-state index < -0.39 is 11.2 Å². The van der Waals surface area contributed by atoms with E-state index in [0.29, 0.717) is 15.7 Å². The van der Waals surface area contributed by atoms with E-state index in [1.807, 2.05) is 42.5 Å². The molecule has 2 amide bonds. The van der Waals surface area contributed by atoms with Crippen LogP contribution >= 0.6 is 34.7 Å². The van der Waals surface area contributed by atoms with Crippen LogP contribution in [0.5, 0.6) is 0 Å². The lowest BCUT2D eigenvalue weighted by Gasteiger charge is -2.27. The standard InChI is InChI=1S/C22H15ClN2O3S2/c23-13-7-9-14(10-8-13)25-20(26)16-15(11-6-12-4-2-1-3-5-12)17-19(24-22(28)30-17)29-18(16)21(25)27/h1-11,15-16,18H,(H,24,28)/b11-6-/t15-,16+,18-/m1/s1. The monoisotopic (exact) mass is 454 g/mol. The summed E-state index contributed by atoms with van der Waals surface area (Å²) in [5.74, 6) is -1.46. The second-order valence-electron chi connectivity index (χ2n) is 7.06. The molecule has 0 aliphatic carbocycles. The number of carbonyl (C=O) groups is 2. The van der Waals surface area contributed by atoms with Gasteiger partial charge < -0.3 is 4.98 Å². The molecule has 0 unspecified atom stereocenters. The maximum atomic E-state index is 13.4. The van der Waals surface area contributed by atoms with Gasteiger partial charge in [-0.2, -0.15) is 0 Å². The Balaban J connectivity index is 1.57. The van der Waals surface area contributed by atoms with Crippen LogP contribution in [0.3, 0.4) is 0 Å². The molecule has 3 aromatic rings. The molecule has 2 aromatic carbocycles. The number of H-pyrrole nitrogens is 1. The largest absolute Gasteiger partial charge is 0.307 e. The molecule has 5 nitrogen and oxygen atoms in total. The molecule has 1 fully saturated rings. The van der Waals surface area contributed by atoms with Crippen LogP contribution in [-0.4, -0.2) is 22.0 Å². The number of allylic oxidation sites excluding steroid dienone is 1. The van der Waals surface area contributed by atoms with Crippen molar-refractivity contribution >= 4 is 58.3 Å². The van der Waals surface area contributed by atoms with Crippen molar-refractivity contribution in [3.63, 3.8) is 0 Å². The maximum absolute atomic E-state index is 13.4. The lowest BCUT2D eigenvalue weighted by molar-refractivity contribution is -0.122. The number of thioether (sulfide) groups is 1. The molecule has 150 valence electrons. The van der Waals surface area contributed by atoms with Gasteiger partial charge in [0.25, 0.3) is 0 Å². The molecule has 30 heavy (non-hydrogen) atoms. The van der Waals surface area contributed by atoms with E-state index >= 15 is 0 Å². The summed E-state index contributed by atoms with van der Waals surface area (Å²) in [7, 11) is 0. The third kappa shape index (κ3) is 3.23. The van der Waals surface area contributed by atoms with Crippen LogP contribution in [0.1, 0.15) is 16.4 Å². The number of nitrogens with zero attached hydrogens (tertiary/aromatic N) is 1. The van der Waals surface area contributed by atoms with Crippen LogP contribution in [0.25, 0.3) is 6.08 Å². The highest BCUT2D eigenvalue weighted by atomic mass is 35.5. The number of carbonyl (C=O) groups excluding carboxylic acids is 2. The van der Waals surface area contributed by atoms with E-state index in [1.54, 1.807) is 24.3 Å². The lowest BCUT2D eigenvalue weighted by Crippen LogP contribution is -2.31. The third-order valence-electron chi connectivity index (χ3n) is 5.25. The number of anilines is 1. The molecule has 1 aromatic heterocycles. The van der Waals surface area contributed by atoms with E-state index in [1.165, 1.54) is 16.7 Å². The topological polar surface area (TPSA) is 70.2 Å². The molecule has 2 aliphatic heterocycles. The van der Waals surface area contributed by atoms with Crippen molar-refractivity contribution in [1.29, 1.82) is 0 Å². The number of hydrogen-bond donors (Lipinski definition) is 1. The first-order chi connectivity index (χ1) is 14.5. The van der Waals surface area contributed by atoms with Gasteiger partial charge in [0.2, 0.25) is 11.8 Å². The first-order valence-corrected chi connectivity index (χ1v) is 11.4. The van der Waals surface area contributed by atoms with E-state index in [-0.39, 0.29) is 22.6 Å². The zero-order valence-electron chi connectivity index (χ0n) is 15.4. The highest BCUT2D eigenvalue weighted by Crippen LogP contribution is 2.51. The van der Waals surface area contributed by atoms with E-state index in [4.69, 9.17) is 11.6 Å². The molecule has 1 saturated heterocycles. The van der Waals surface area contributed by atoms with E-state index in [2.05, 4.69) is 4.98 Å². The summed E-state index contributed by atoms with van der Waals surface area (Å²) in [4.78, 5) is 43.3. The number of imide groups is 1. The van der Waals surface area contributed by atoms with Crippen LogP contribution in [0.2, 0.25) is 5.02 Å². The number of benzene rings is 2. The molecule has 0 radical (unpaired) electrons. The highest BCUT2D eigenvalue weighted by molar-refractivity contribution is 8.00. The van der Waals surface area contributed by atoms with Crippen LogP contribution in [-0.2, 0) is 9.59 Å². The van der Waals surface area contributed by atoms with Crippen LogP contribution in [0, 0.1) is 5.92 Å². The van der Waals surface area contributed by atoms with Crippen molar-refractivity contribution < 1.29 is 9.59 Å². The molecule has 1 N–H and O–H groups in total. The molecule has 0 saturated carbocycles. The van der Waals surface area contributed by atoms with Gasteiger partial charge >= 0.3 is 4.87 Å². The van der Waals surface area contributed by atoms with Gasteiger partial charge in [-0.3, -0.25) is 14.4 Å². The van der Waals surface area contributed by atoms with Gasteiger partial charge in [0.05, 0.1) is 16.6 Å². The molecule has 3 atom stereocenters. The number of aromatic nitrogens is 1. The van der Waals surface area contributed by atoms with Gasteiger partial charge in [0.1, 0.15) is 5.25 Å². The molecular weight excluding hydrogens is 440 g/mol. The summed E-state index contributed by atoms with van der Waals surface area (Å²) in [6.07, 6.45) is 3.88. The van der Waals surface area contributed by atoms with Gasteiger partial charge in [0, 0.05) is 15.8 Å². The fourth-order valence-electron chi connectivity index (χ4n) is 3.89. The minimum atomic E-state index is -0.587. The molecule has 0 spiro atoms. The van der Waals surface area contributed by atoms with Crippen molar-refractivity contribution in [2.45, 2.75) is 16.2 Å². The summed E-state index contributed by atoms with van der Waals surface area (Å²) < 4.78 is 0. The van der Waals surface area contributed by atoms with Crippen LogP contribution in [0.4, 0.5) is 5.69 Å². The summed E-state index contributed by atoms with van der Waals surface area (Å²) in [6, 6.07) is 16.4. The summed E-state index contributed by atoms with van der Waals surface area (Å²) in [5, 5.41) is 0.623. The Labute approximate surface area is 185 Å². The van der Waals surface area contributed by atoms with Crippen molar-refractivity contribution in [3.05, 3.63) is 85.8 Å². The summed E-state index contributed by atoms with van der Waals surface area (Å²) >= 11 is 8.33. The highest BCUT2D eigenvalue weighted by Gasteiger charge is 2.55. The van der Waals surface area contributed by atoms with Crippen LogP contribution < -0.4 is 9.77 Å². The zero-order valence-corrected chi connectivity index (χ0v) is 17.8. The number of halogens is 1. The SMILES string of the molecule is O=C1[C@@H]2[C@@H](Sc3[nH]c(=O)sc3[C@@H]2/C=C\c2ccccc2)C(=O)N1c1ccc(Cl)cc1. The molecular formula is C22H15ClN2O3S2. The lowest BCUT2D eigenvalue weighted by atomic mass is 9.88. The number of hydrogen-bond acceptors (Lipinski definition) is 5. The molecule has 2 aliphatic rings. The van der Waals surface area contributed by atoms with E-state index in [0.717, 1.165) is 21.8 Å². The predicted octanol–water partition coefficient (Wildman–Crippen LogP) is 4.55. The number of amides is 2. The minimum absolute atomic E-state index is 0.181. The maximum Gasteiger partial charge on any atom is 0.305 e. The Morgan fingerprint density at radius 1 is 0.967 bits per heavy atom. The number of thiazole rings is 1. The Kier molecular flexibility index (Phi) is 4.89. The Morgan fingerprint density at radius 3 is 2.43 bits per heavy atom. The molecule has 5 rings (SSSR count). The van der Waals surface area contributed by atoms with Crippen molar-refractivity contribution in [1.82, 2.24) is 4.98 Å². The average molecular weight is 455 g/mol. The zero-order chi connectivity index (χ0) is 20.8. The summed E-state index contributed by atoms with van der Waals surface area (Å²) in [6.45, 7) is 0. The molecule has 8 heteroatoms. The van der Waals surface area contributed by atoms with Crippen LogP contribution in [0.15, 0.2) is 70.5 Å². The second kappa shape index (κ2) is 7.58. The van der Waals surface area contributed by atoms with Gasteiger partial charge in [-0.05, 0) is 29.8 Å². The fraction of sp³-hybridized carbons (Fsp3) is 0.136. The fourth-order valence-corrected chi connectivity index (χ4v) is 6.50. The Morgan fingerprint density at radius 2 is 1.70 bits per heavy atom. The second-order valence-corrected chi connectivity index (χ2v) is 9.66. The first kappa shape index (κ1) is 19.4. The first-order valence-electron chi connectivity index (χ1n) is 9.29. The Bertz CT molecular complexity index is 1220. The molecule has 3 heterocycles. The quantitative estimate of drug-likeness (QED) is 0.589. The van der Waals surface area contributed by atoms with Gasteiger partial charge in [-0.1, -0.05) is 77.2 Å². The number of rotatable bonds is 3. The van der Waals surface area contributed by atoms with Crippen molar-refractivity contribution in [2.75, 3.05) is 4.90 Å². The smallest absolute Gasteiger partial charge is 0.305 e. The number of fused-ring (bicyclic) bond motifs is 2. The Hall–Kier alpha value is -2.61. The van der Waals surface area contributed by atoms with Gasteiger partial charge in [-0.15, -0.1) is 0 Å². The predicted molar refractivity (Wildman–Crippen MR) is 120 cm³/mol. The average Bonchev–Trinajstić information content (AvgIpc) is 3.24. The number of nitrogens with one attached hydrogen (secondary N) is 1. The normalized spacial score (nSPS) is 23.1. The van der Waals surface area contributed by atoms with Gasteiger partial charge in [0.15, 0.2) is 0 Å². The minimum Gasteiger partial charge on any atom is -0.307 e. The van der Waals surface area contributed by atoms with Crippen molar-refractivity contribution in [2.24, 2.45) is 5.92 Å². The summed E-state index contributed by atoms with van der Waals surface area (Å²) in [5.41, 5.74) is 1.50. The van der Waals surface area contributed by atoms with Crippen molar-refractivity contribution in [3.8, 4) is 0 Å². The molecule has 0 bridgehead atoms. The van der Waals surface area contributed by atoms with E-state index in [9.17, 15) is 14.4 Å². The third-order valence-corrected chi connectivity index (χ3v) is 7.92.